The molecule has 6 amide bonds. The predicted molar refractivity (Wildman–Crippen MR) is 246 cm³/mol. The summed E-state index contributed by atoms with van der Waals surface area (Å²) in [5.74, 6) is -1.35. The largest absolute Gasteiger partial charge is 0.322 e. The highest BCUT2D eigenvalue weighted by atomic mass is 19.1. The second-order valence-corrected chi connectivity index (χ2v) is 19.2. The van der Waals surface area contributed by atoms with Crippen LogP contribution in [0.1, 0.15) is 131 Å². The van der Waals surface area contributed by atoms with Crippen LogP contribution >= 0.6 is 0 Å². The van der Waals surface area contributed by atoms with Gasteiger partial charge in [0.25, 0.3) is 11.8 Å². The first-order chi connectivity index (χ1) is 33.0. The quantitative estimate of drug-likeness (QED) is 0.128. The third-order valence-corrected chi connectivity index (χ3v) is 14.7. The molecule has 6 atom stereocenters. The molecule has 4 aliphatic heterocycles. The van der Waals surface area contributed by atoms with E-state index in [1.54, 1.807) is 28.1 Å². The number of benzene rings is 2. The van der Waals surface area contributed by atoms with Crippen LogP contribution in [-0.2, 0) is 58.2 Å². The van der Waals surface area contributed by atoms with E-state index in [9.17, 15) is 37.5 Å². The van der Waals surface area contributed by atoms with Gasteiger partial charge in [-0.2, -0.15) is 0 Å². The van der Waals surface area contributed by atoms with E-state index in [1.807, 2.05) is 24.3 Å². The lowest BCUT2D eigenvalue weighted by Crippen LogP contribution is -2.52. The molecule has 2 saturated carbocycles. The van der Waals surface area contributed by atoms with E-state index in [0.717, 1.165) is 61.8 Å². The average Bonchev–Trinajstić information content (AvgIpc) is 3.83. The molecular formula is C52H58F2N8O6. The lowest BCUT2D eigenvalue weighted by atomic mass is 9.80. The molecule has 16 heteroatoms. The summed E-state index contributed by atoms with van der Waals surface area (Å²) in [7, 11) is 0. The number of aromatic nitrogens is 2. The van der Waals surface area contributed by atoms with Gasteiger partial charge in [0.1, 0.15) is 23.7 Å². The van der Waals surface area contributed by atoms with Crippen LogP contribution in [0, 0.1) is 23.5 Å². The van der Waals surface area contributed by atoms with Gasteiger partial charge in [-0.25, -0.2) is 8.78 Å². The van der Waals surface area contributed by atoms with E-state index in [0.29, 0.717) is 73.7 Å². The first-order valence-corrected chi connectivity index (χ1v) is 24.2. The number of halogens is 2. The van der Waals surface area contributed by atoms with Crippen LogP contribution in [0.25, 0.3) is 0 Å². The van der Waals surface area contributed by atoms with Crippen molar-refractivity contribution in [2.45, 2.75) is 140 Å². The maximum absolute atomic E-state index is 14.0. The monoisotopic (exact) mass is 928 g/mol. The minimum absolute atomic E-state index is 0.139. The Morgan fingerprint density at radius 2 is 1.13 bits per heavy atom. The average molecular weight is 929 g/mol. The standard InChI is InChI=1S/2C26H29FN4O3/c27-20-5-3-11-28-22(20)14-29-21-6-2-1-4-17(21)12-16-7-8-19-18(13-16)15-31(26(19)34)23-9-10-24(32)30-25(23)33;27-19-6-7-20(28-13-19)14-29-22-4-2-1-3-17(22)11-16-5-8-21-18(12-16)15-31(26(21)34)23-9-10-24(32)30-25(23)33/h3,5,7-8,11,13,17,21,23,29H,1-2,4,6,9-10,12,14-15H2,(H,30,32,33);5-8,12-13,17,22-23,29H,1-4,9-11,14-15H2,(H,30,32,33)/t17-,21+,23?;17-,22?,23?/m11/s1. The molecule has 4 aromatic rings. The van der Waals surface area contributed by atoms with E-state index in [4.69, 9.17) is 0 Å². The molecule has 6 aliphatic rings. The van der Waals surface area contributed by atoms with Crippen molar-refractivity contribution in [2.75, 3.05) is 0 Å². The number of piperidine rings is 2. The molecule has 14 nitrogen and oxygen atoms in total. The van der Waals surface area contributed by atoms with Crippen molar-refractivity contribution in [3.8, 4) is 0 Å². The van der Waals surface area contributed by atoms with Gasteiger partial charge in [0, 0.05) is 68.4 Å². The molecule has 0 bridgehead atoms. The molecule has 4 fully saturated rings. The smallest absolute Gasteiger partial charge is 0.255 e. The van der Waals surface area contributed by atoms with Crippen molar-refractivity contribution in [3.63, 3.8) is 0 Å². The van der Waals surface area contributed by atoms with Crippen LogP contribution in [0.4, 0.5) is 8.78 Å². The van der Waals surface area contributed by atoms with Crippen LogP contribution in [0.5, 0.6) is 0 Å². The highest BCUT2D eigenvalue weighted by Crippen LogP contribution is 2.34. The Morgan fingerprint density at radius 1 is 0.603 bits per heavy atom. The lowest BCUT2D eigenvalue weighted by molar-refractivity contribution is -0.138. The molecule has 0 radical (unpaired) electrons. The Balaban J connectivity index is 0.000000170. The Morgan fingerprint density at radius 3 is 1.63 bits per heavy atom. The van der Waals surface area contributed by atoms with Crippen molar-refractivity contribution in [1.82, 2.24) is 41.0 Å². The number of hydrogen-bond donors (Lipinski definition) is 4. The molecule has 2 aromatic carbocycles. The summed E-state index contributed by atoms with van der Waals surface area (Å²) in [5, 5.41) is 11.8. The minimum atomic E-state index is -0.597. The first kappa shape index (κ1) is 46.8. The fourth-order valence-electron chi connectivity index (χ4n) is 11.1. The zero-order valence-electron chi connectivity index (χ0n) is 38.1. The molecular weight excluding hydrogens is 871 g/mol. The third kappa shape index (κ3) is 10.7. The number of fused-ring (bicyclic) bond motifs is 2. The van der Waals surface area contributed by atoms with Crippen molar-refractivity contribution < 1.29 is 37.5 Å². The summed E-state index contributed by atoms with van der Waals surface area (Å²) in [5.41, 5.74) is 6.79. The van der Waals surface area contributed by atoms with Gasteiger partial charge in [-0.3, -0.25) is 49.4 Å². The number of hydrogen-bond acceptors (Lipinski definition) is 10. The van der Waals surface area contributed by atoms with E-state index < -0.39 is 18.0 Å². The number of nitrogens with one attached hydrogen (secondary N) is 4. The van der Waals surface area contributed by atoms with Gasteiger partial charge in [0.15, 0.2) is 0 Å². The summed E-state index contributed by atoms with van der Waals surface area (Å²) < 4.78 is 27.1. The number of carbonyl (C=O) groups excluding carboxylic acids is 6. The van der Waals surface area contributed by atoms with E-state index in [1.165, 1.54) is 48.7 Å². The fraction of sp³-hybridized carbons (Fsp3) is 0.462. The Hall–Kier alpha value is -6.26. The molecule has 68 heavy (non-hydrogen) atoms. The number of pyridine rings is 2. The summed E-state index contributed by atoms with van der Waals surface area (Å²) >= 11 is 0. The summed E-state index contributed by atoms with van der Waals surface area (Å²) in [6.45, 7) is 1.81. The molecule has 0 spiro atoms. The lowest BCUT2D eigenvalue weighted by Gasteiger charge is -2.32. The number of amides is 6. The number of nitrogens with zero attached hydrogens (tertiary/aromatic N) is 4. The molecule has 356 valence electrons. The molecule has 3 unspecified atom stereocenters. The molecule has 2 saturated heterocycles. The number of imide groups is 2. The van der Waals surface area contributed by atoms with Gasteiger partial charge in [-0.1, -0.05) is 49.9 Å². The zero-order chi connectivity index (χ0) is 47.3. The maximum Gasteiger partial charge on any atom is 0.255 e. The molecule has 2 aliphatic carbocycles. The van der Waals surface area contributed by atoms with Crippen molar-refractivity contribution in [1.29, 1.82) is 0 Å². The zero-order valence-corrected chi connectivity index (χ0v) is 38.1. The normalized spacial score (nSPS) is 24.8. The topological polar surface area (TPSA) is 183 Å². The van der Waals surface area contributed by atoms with E-state index in [2.05, 4.69) is 43.4 Å². The van der Waals surface area contributed by atoms with Crippen molar-refractivity contribution in [2.24, 2.45) is 11.8 Å². The Bertz CT molecular complexity index is 2570. The van der Waals surface area contributed by atoms with Gasteiger partial charge in [-0.05, 0) is 122 Å². The second-order valence-electron chi connectivity index (χ2n) is 19.2. The SMILES string of the molecule is O=C1CCC(N2Cc3cc(C[C@H]4CCCCC4NCc4ccc(F)cn4)ccc3C2=O)C(=O)N1.O=C1CCC(N2Cc3cc(C[C@H]4CCCC[C@@H]4NCc4ncccc4F)ccc3C2=O)C(=O)N1. The van der Waals surface area contributed by atoms with Crippen LogP contribution in [0.3, 0.4) is 0 Å². The van der Waals surface area contributed by atoms with Gasteiger partial charge < -0.3 is 20.4 Å². The van der Waals surface area contributed by atoms with Gasteiger partial charge in [0.2, 0.25) is 23.6 Å². The van der Waals surface area contributed by atoms with Crippen LogP contribution in [0.15, 0.2) is 73.1 Å². The third-order valence-electron chi connectivity index (χ3n) is 14.7. The highest BCUT2D eigenvalue weighted by Gasteiger charge is 2.41. The Kier molecular flexibility index (Phi) is 14.4. The molecule has 6 heterocycles. The number of carbonyl (C=O) groups is 6. The summed E-state index contributed by atoms with van der Waals surface area (Å²) in [6, 6.07) is 17.6. The molecule has 10 rings (SSSR count). The molecule has 4 N–H and O–H groups in total. The highest BCUT2D eigenvalue weighted by molar-refractivity contribution is 6.06. The van der Waals surface area contributed by atoms with Gasteiger partial charge in [-0.15, -0.1) is 0 Å². The second kappa shape index (κ2) is 20.9. The van der Waals surface area contributed by atoms with E-state index in [-0.39, 0.29) is 60.1 Å². The summed E-state index contributed by atoms with van der Waals surface area (Å²) in [6.07, 6.45) is 15.0. The van der Waals surface area contributed by atoms with Crippen molar-refractivity contribution in [3.05, 3.63) is 129 Å². The van der Waals surface area contributed by atoms with Crippen LogP contribution in [-0.4, -0.2) is 79.4 Å². The number of rotatable bonds is 12. The van der Waals surface area contributed by atoms with Gasteiger partial charge in [0.05, 0.1) is 17.6 Å². The van der Waals surface area contributed by atoms with Crippen LogP contribution < -0.4 is 21.3 Å². The molecule has 2 aromatic heterocycles. The minimum Gasteiger partial charge on any atom is -0.322 e. The predicted octanol–water partition coefficient (Wildman–Crippen LogP) is 5.75. The fourth-order valence-corrected chi connectivity index (χ4v) is 11.1. The Labute approximate surface area is 394 Å². The van der Waals surface area contributed by atoms with Gasteiger partial charge >= 0.3 is 0 Å². The van der Waals surface area contributed by atoms with E-state index >= 15 is 0 Å². The maximum atomic E-state index is 14.0. The van der Waals surface area contributed by atoms with Crippen molar-refractivity contribution >= 4 is 35.4 Å². The first-order valence-electron chi connectivity index (χ1n) is 24.2. The summed E-state index contributed by atoms with van der Waals surface area (Å²) in [4.78, 5) is 84.9. The van der Waals surface area contributed by atoms with Crippen LogP contribution in [0.2, 0.25) is 0 Å².